The van der Waals surface area contributed by atoms with Gasteiger partial charge in [-0.05, 0) is 48.9 Å². The van der Waals surface area contributed by atoms with Crippen molar-refractivity contribution in [1.82, 2.24) is 9.38 Å². The van der Waals surface area contributed by atoms with Gasteiger partial charge in [-0.2, -0.15) is 5.26 Å². The number of nitrogens with zero attached hydrogens (tertiary/aromatic N) is 3. The minimum absolute atomic E-state index is 0.173. The molecule has 0 bridgehead atoms. The van der Waals surface area contributed by atoms with E-state index < -0.39 is 5.97 Å². The topological polar surface area (TPSA) is 120 Å². The highest BCUT2D eigenvalue weighted by Gasteiger charge is 2.15. The molecular weight excluding hydrogens is 382 g/mol. The van der Waals surface area contributed by atoms with Crippen LogP contribution in [0.1, 0.15) is 11.1 Å². The first-order chi connectivity index (χ1) is 14.5. The molecule has 0 atom stereocenters. The summed E-state index contributed by atoms with van der Waals surface area (Å²) < 4.78 is 1.47. The summed E-state index contributed by atoms with van der Waals surface area (Å²) in [6, 6.07) is 16.4. The van der Waals surface area contributed by atoms with Crippen molar-refractivity contribution in [3.63, 3.8) is 0 Å². The molecule has 2 heterocycles. The van der Waals surface area contributed by atoms with Gasteiger partial charge in [0.15, 0.2) is 5.65 Å². The molecule has 4 aromatic rings. The molecule has 0 saturated heterocycles. The predicted molar refractivity (Wildman–Crippen MR) is 114 cm³/mol. The monoisotopic (exact) mass is 399 g/mol. The van der Waals surface area contributed by atoms with E-state index in [9.17, 15) is 14.9 Å². The Hall–Kier alpha value is -4.38. The number of nitrogens with one attached hydrogen (secondary N) is 2. The van der Waals surface area contributed by atoms with Crippen LogP contribution in [-0.4, -0.2) is 27.0 Å². The third-order valence-electron chi connectivity index (χ3n) is 4.82. The maximum atomic E-state index is 13.2. The number of aromatic nitrogens is 2. The molecule has 0 aliphatic heterocycles. The van der Waals surface area contributed by atoms with E-state index in [0.29, 0.717) is 44.4 Å². The van der Waals surface area contributed by atoms with Gasteiger partial charge < -0.3 is 15.7 Å². The van der Waals surface area contributed by atoms with Crippen molar-refractivity contribution in [2.24, 2.45) is 0 Å². The van der Waals surface area contributed by atoms with Crippen LogP contribution in [0.15, 0.2) is 53.3 Å². The summed E-state index contributed by atoms with van der Waals surface area (Å²) in [6.45, 7) is 1.55. The third kappa shape index (κ3) is 3.29. The maximum Gasteiger partial charge on any atom is 0.322 e. The Labute approximate surface area is 170 Å². The van der Waals surface area contributed by atoms with Crippen molar-refractivity contribution in [2.45, 2.75) is 6.92 Å². The minimum atomic E-state index is -0.945. The molecule has 30 heavy (non-hydrogen) atoms. The van der Waals surface area contributed by atoms with Crippen molar-refractivity contribution < 1.29 is 9.90 Å². The molecule has 148 valence electrons. The number of carboxylic acids is 1. The lowest BCUT2D eigenvalue weighted by atomic mass is 10.1. The highest BCUT2D eigenvalue weighted by atomic mass is 16.4. The fraction of sp³-hybridized carbons (Fsp3) is 0.0909. The second-order valence-electron chi connectivity index (χ2n) is 6.70. The molecule has 0 aliphatic carbocycles. The number of carbonyl (C=O) groups is 1. The summed E-state index contributed by atoms with van der Waals surface area (Å²) in [4.78, 5) is 28.3. The van der Waals surface area contributed by atoms with Gasteiger partial charge in [0, 0.05) is 17.6 Å². The third-order valence-corrected chi connectivity index (χ3v) is 4.82. The first-order valence-electron chi connectivity index (χ1n) is 9.16. The van der Waals surface area contributed by atoms with Crippen LogP contribution in [0.4, 0.5) is 11.4 Å². The van der Waals surface area contributed by atoms with Gasteiger partial charge in [0.05, 0.1) is 21.8 Å². The van der Waals surface area contributed by atoms with E-state index in [4.69, 9.17) is 5.11 Å². The van der Waals surface area contributed by atoms with Crippen LogP contribution in [0.3, 0.4) is 0 Å². The highest BCUT2D eigenvalue weighted by Crippen LogP contribution is 2.18. The smallest absolute Gasteiger partial charge is 0.322 e. The second-order valence-corrected chi connectivity index (χ2v) is 6.70. The molecule has 0 aliphatic rings. The first kappa shape index (κ1) is 19.0. The number of rotatable bonds is 5. The molecule has 0 radical (unpaired) electrons. The number of hydrogen-bond donors (Lipinski definition) is 3. The number of imidazole rings is 1. The number of fused-ring (bicyclic) bond motifs is 3. The molecule has 0 amide bonds. The average molecular weight is 399 g/mol. The maximum absolute atomic E-state index is 13.2. The summed E-state index contributed by atoms with van der Waals surface area (Å²) in [7, 11) is 0. The van der Waals surface area contributed by atoms with Gasteiger partial charge >= 0.3 is 5.97 Å². The lowest BCUT2D eigenvalue weighted by Gasteiger charge is -2.06. The number of aliphatic carboxylic acids is 1. The Kier molecular flexibility index (Phi) is 4.78. The van der Waals surface area contributed by atoms with E-state index in [0.717, 1.165) is 0 Å². The fourth-order valence-corrected chi connectivity index (χ4v) is 3.30. The summed E-state index contributed by atoms with van der Waals surface area (Å²) in [6.07, 6.45) is 1.58. The summed E-state index contributed by atoms with van der Waals surface area (Å²) in [5.74, 6) is -0.945. The molecule has 0 unspecified atom stereocenters. The lowest BCUT2D eigenvalue weighted by molar-refractivity contribution is -0.134. The van der Waals surface area contributed by atoms with E-state index in [1.807, 2.05) is 12.1 Å². The van der Waals surface area contributed by atoms with Gasteiger partial charge in [-0.25, -0.2) is 4.98 Å². The van der Waals surface area contributed by atoms with Crippen molar-refractivity contribution in [1.29, 1.82) is 5.26 Å². The zero-order valence-electron chi connectivity index (χ0n) is 16.0. The number of hydrogen-bond acceptors (Lipinski definition) is 6. The van der Waals surface area contributed by atoms with Crippen LogP contribution < -0.4 is 21.4 Å². The largest absolute Gasteiger partial charge is 0.480 e. The Morgan fingerprint density at radius 2 is 1.90 bits per heavy atom. The van der Waals surface area contributed by atoms with Crippen LogP contribution in [0.2, 0.25) is 0 Å². The molecule has 2 aromatic heterocycles. The number of anilines is 2. The number of para-hydroxylation sites is 2. The molecule has 4 rings (SSSR count). The average Bonchev–Trinajstić information content (AvgIpc) is 3.12. The molecule has 3 N–H and O–H groups in total. The SMILES string of the molecule is Cc1c(C#N)c2nc3ccccc3n2c(=O)/c1=C\Nc1ccc(NCC(=O)O)cc1. The van der Waals surface area contributed by atoms with Crippen molar-refractivity contribution >= 4 is 40.2 Å². The van der Waals surface area contributed by atoms with Gasteiger partial charge in [-0.3, -0.25) is 14.0 Å². The molecule has 0 fully saturated rings. The van der Waals surface area contributed by atoms with Crippen LogP contribution in [0.5, 0.6) is 0 Å². The summed E-state index contributed by atoms with van der Waals surface area (Å²) in [5, 5.41) is 24.6. The van der Waals surface area contributed by atoms with Gasteiger partial charge in [0.1, 0.15) is 12.6 Å². The molecule has 0 saturated carbocycles. The van der Waals surface area contributed by atoms with Crippen molar-refractivity contribution in [3.05, 3.63) is 75.2 Å². The van der Waals surface area contributed by atoms with E-state index >= 15 is 0 Å². The lowest BCUT2D eigenvalue weighted by Crippen LogP contribution is -2.34. The van der Waals surface area contributed by atoms with Gasteiger partial charge in [-0.1, -0.05) is 12.1 Å². The predicted octanol–water partition coefficient (Wildman–Crippen LogP) is 2.09. The summed E-state index contributed by atoms with van der Waals surface area (Å²) in [5.41, 5.74) is 3.68. The van der Waals surface area contributed by atoms with Crippen LogP contribution in [0, 0.1) is 18.3 Å². The Morgan fingerprint density at radius 1 is 1.20 bits per heavy atom. The van der Waals surface area contributed by atoms with Gasteiger partial charge in [-0.15, -0.1) is 0 Å². The fourth-order valence-electron chi connectivity index (χ4n) is 3.30. The van der Waals surface area contributed by atoms with Crippen molar-refractivity contribution in [2.75, 3.05) is 17.2 Å². The van der Waals surface area contributed by atoms with E-state index in [2.05, 4.69) is 21.7 Å². The van der Waals surface area contributed by atoms with E-state index in [1.54, 1.807) is 49.5 Å². The zero-order chi connectivity index (χ0) is 21.3. The zero-order valence-corrected chi connectivity index (χ0v) is 16.0. The van der Waals surface area contributed by atoms with Gasteiger partial charge in [0.2, 0.25) is 0 Å². The standard InChI is InChI=1S/C22H17N5O3/c1-13-16(10-23)21-26-18-4-2-3-5-19(18)27(21)22(30)17(13)11-24-14-6-8-15(9-7-14)25-12-20(28)29/h2-9,11,24-25H,12H2,1H3,(H,28,29)/b17-11-. The molecule has 2 aromatic carbocycles. The Morgan fingerprint density at radius 3 is 2.60 bits per heavy atom. The second kappa shape index (κ2) is 7.56. The number of benzene rings is 2. The van der Waals surface area contributed by atoms with E-state index in [-0.39, 0.29) is 12.1 Å². The number of carboxylic acid groups (broad SMARTS) is 1. The summed E-state index contributed by atoms with van der Waals surface area (Å²) >= 11 is 0. The van der Waals surface area contributed by atoms with Crippen LogP contribution in [-0.2, 0) is 4.79 Å². The van der Waals surface area contributed by atoms with Crippen molar-refractivity contribution in [3.8, 4) is 6.07 Å². The first-order valence-corrected chi connectivity index (χ1v) is 9.16. The molecule has 0 spiro atoms. The molecular formula is C22H17N5O3. The molecule has 8 heteroatoms. The normalized spacial score (nSPS) is 11.5. The molecule has 8 nitrogen and oxygen atoms in total. The Balaban J connectivity index is 1.78. The van der Waals surface area contributed by atoms with E-state index in [1.165, 1.54) is 4.40 Å². The van der Waals surface area contributed by atoms with Crippen LogP contribution in [0.25, 0.3) is 22.9 Å². The number of pyridine rings is 1. The van der Waals surface area contributed by atoms with Gasteiger partial charge in [0.25, 0.3) is 5.56 Å². The minimum Gasteiger partial charge on any atom is -0.480 e. The highest BCUT2D eigenvalue weighted by molar-refractivity contribution is 5.82. The quantitative estimate of drug-likeness (QED) is 0.470. The number of nitriles is 1. The Bertz CT molecular complexity index is 1430. The van der Waals surface area contributed by atoms with Crippen LogP contribution >= 0.6 is 0 Å².